The lowest BCUT2D eigenvalue weighted by molar-refractivity contribution is 0.227. The standard InChI is InChI=1S/C11H17BrN2O3S/c1-7(2)10(6-15)14-18(16,17)11-5-8(13)3-4-9(11)12/h3-5,7,10,14-15H,6,13H2,1-2H3/t10-/m1/s1. The van der Waals surface area contributed by atoms with Gasteiger partial charge in [-0.25, -0.2) is 13.1 Å². The molecule has 1 atom stereocenters. The number of aliphatic hydroxyl groups excluding tert-OH is 1. The van der Waals surface area contributed by atoms with Crippen LogP contribution in [0, 0.1) is 5.92 Å². The van der Waals surface area contributed by atoms with Crippen molar-refractivity contribution in [3.63, 3.8) is 0 Å². The van der Waals surface area contributed by atoms with Crippen LogP contribution < -0.4 is 10.5 Å². The van der Waals surface area contributed by atoms with Crippen molar-refractivity contribution in [3.05, 3.63) is 22.7 Å². The lowest BCUT2D eigenvalue weighted by Crippen LogP contribution is -2.41. The van der Waals surface area contributed by atoms with Gasteiger partial charge in [0, 0.05) is 16.2 Å². The molecule has 0 amide bonds. The van der Waals surface area contributed by atoms with Crippen LogP contribution in [0.4, 0.5) is 5.69 Å². The molecule has 102 valence electrons. The summed E-state index contributed by atoms with van der Waals surface area (Å²) in [6.07, 6.45) is 0. The molecule has 18 heavy (non-hydrogen) atoms. The van der Waals surface area contributed by atoms with Gasteiger partial charge < -0.3 is 10.8 Å². The van der Waals surface area contributed by atoms with Crippen molar-refractivity contribution in [3.8, 4) is 0 Å². The zero-order chi connectivity index (χ0) is 13.9. The van der Waals surface area contributed by atoms with Crippen LogP contribution in [-0.4, -0.2) is 26.2 Å². The Morgan fingerprint density at radius 3 is 2.56 bits per heavy atom. The van der Waals surface area contributed by atoms with Crippen LogP contribution in [0.25, 0.3) is 0 Å². The van der Waals surface area contributed by atoms with Crippen LogP contribution in [-0.2, 0) is 10.0 Å². The van der Waals surface area contributed by atoms with Crippen molar-refractivity contribution >= 4 is 31.6 Å². The molecule has 1 aromatic carbocycles. The lowest BCUT2D eigenvalue weighted by Gasteiger charge is -2.20. The van der Waals surface area contributed by atoms with E-state index in [0.717, 1.165) is 0 Å². The number of nitrogens with one attached hydrogen (secondary N) is 1. The second kappa shape index (κ2) is 6.01. The zero-order valence-corrected chi connectivity index (χ0v) is 12.6. The predicted octanol–water partition coefficient (Wildman–Crippen LogP) is 1.33. The average molecular weight is 337 g/mol. The first-order valence-electron chi connectivity index (χ1n) is 5.46. The van der Waals surface area contributed by atoms with Gasteiger partial charge in [0.15, 0.2) is 0 Å². The van der Waals surface area contributed by atoms with E-state index in [0.29, 0.717) is 10.2 Å². The number of rotatable bonds is 5. The summed E-state index contributed by atoms with van der Waals surface area (Å²) in [7, 11) is -3.71. The van der Waals surface area contributed by atoms with E-state index in [1.54, 1.807) is 12.1 Å². The van der Waals surface area contributed by atoms with Gasteiger partial charge in [-0.15, -0.1) is 0 Å². The van der Waals surface area contributed by atoms with Crippen molar-refractivity contribution in [2.45, 2.75) is 24.8 Å². The van der Waals surface area contributed by atoms with E-state index >= 15 is 0 Å². The van der Waals surface area contributed by atoms with Crippen molar-refractivity contribution < 1.29 is 13.5 Å². The van der Waals surface area contributed by atoms with Crippen LogP contribution in [0.2, 0.25) is 0 Å². The number of hydrogen-bond acceptors (Lipinski definition) is 4. The molecule has 0 fully saturated rings. The number of hydrogen-bond donors (Lipinski definition) is 3. The average Bonchev–Trinajstić information content (AvgIpc) is 2.28. The summed E-state index contributed by atoms with van der Waals surface area (Å²) in [5.41, 5.74) is 5.95. The number of nitrogens with two attached hydrogens (primary N) is 1. The second-order valence-electron chi connectivity index (χ2n) is 4.34. The lowest BCUT2D eigenvalue weighted by atomic mass is 10.1. The molecule has 0 aliphatic rings. The van der Waals surface area contributed by atoms with Gasteiger partial charge in [0.1, 0.15) is 0 Å². The molecule has 0 saturated carbocycles. The van der Waals surface area contributed by atoms with Crippen molar-refractivity contribution in [1.29, 1.82) is 0 Å². The molecule has 0 bridgehead atoms. The van der Waals surface area contributed by atoms with E-state index < -0.39 is 16.1 Å². The number of anilines is 1. The van der Waals surface area contributed by atoms with Crippen LogP contribution in [0.15, 0.2) is 27.6 Å². The first kappa shape index (κ1) is 15.4. The third kappa shape index (κ3) is 3.68. The first-order valence-corrected chi connectivity index (χ1v) is 7.73. The molecule has 0 saturated heterocycles. The van der Waals surface area contributed by atoms with Gasteiger partial charge in [0.05, 0.1) is 11.5 Å². The Morgan fingerprint density at radius 2 is 2.06 bits per heavy atom. The number of halogens is 1. The predicted molar refractivity (Wildman–Crippen MR) is 74.6 cm³/mol. The largest absolute Gasteiger partial charge is 0.399 e. The fourth-order valence-corrected chi connectivity index (χ4v) is 3.75. The van der Waals surface area contributed by atoms with E-state index in [2.05, 4.69) is 20.7 Å². The molecule has 5 nitrogen and oxygen atoms in total. The highest BCUT2D eigenvalue weighted by molar-refractivity contribution is 9.10. The zero-order valence-electron chi connectivity index (χ0n) is 10.2. The monoisotopic (exact) mass is 336 g/mol. The van der Waals surface area contributed by atoms with E-state index in [9.17, 15) is 8.42 Å². The number of aliphatic hydroxyl groups is 1. The highest BCUT2D eigenvalue weighted by atomic mass is 79.9. The van der Waals surface area contributed by atoms with Gasteiger partial charge in [-0.1, -0.05) is 13.8 Å². The van der Waals surface area contributed by atoms with E-state index in [1.807, 2.05) is 13.8 Å². The minimum atomic E-state index is -3.71. The molecular formula is C11H17BrN2O3S. The summed E-state index contributed by atoms with van der Waals surface area (Å²) in [6.45, 7) is 3.41. The molecule has 4 N–H and O–H groups in total. The summed E-state index contributed by atoms with van der Waals surface area (Å²) >= 11 is 3.18. The second-order valence-corrected chi connectivity index (χ2v) is 6.88. The highest BCUT2D eigenvalue weighted by Crippen LogP contribution is 2.24. The molecule has 7 heteroatoms. The van der Waals surface area contributed by atoms with Crippen LogP contribution in [0.1, 0.15) is 13.8 Å². The third-order valence-corrected chi connectivity index (χ3v) is 5.04. The normalized spacial score (nSPS) is 13.8. The Bertz CT molecular complexity index is 517. The molecule has 0 heterocycles. The summed E-state index contributed by atoms with van der Waals surface area (Å²) in [5, 5.41) is 9.17. The molecule has 0 unspecified atom stereocenters. The van der Waals surface area contributed by atoms with Crippen LogP contribution in [0.3, 0.4) is 0 Å². The van der Waals surface area contributed by atoms with Gasteiger partial charge in [0.2, 0.25) is 10.0 Å². The minimum absolute atomic E-state index is 0.00962. The molecule has 0 aromatic heterocycles. The fraction of sp³-hybridized carbons (Fsp3) is 0.455. The number of nitrogen functional groups attached to an aromatic ring is 1. The molecule has 0 radical (unpaired) electrons. The summed E-state index contributed by atoms with van der Waals surface area (Å²) in [5.74, 6) is -0.00962. The Kier molecular flexibility index (Phi) is 5.15. The van der Waals surface area contributed by atoms with Crippen LogP contribution in [0.5, 0.6) is 0 Å². The smallest absolute Gasteiger partial charge is 0.242 e. The Balaban J connectivity index is 3.10. The SMILES string of the molecule is CC(C)[C@@H](CO)NS(=O)(=O)c1cc(N)ccc1Br. The van der Waals surface area contributed by atoms with Gasteiger partial charge in [0.25, 0.3) is 0 Å². The van der Waals surface area contributed by atoms with Crippen molar-refractivity contribution in [1.82, 2.24) is 4.72 Å². The Labute approximate surface area is 116 Å². The van der Waals surface area contributed by atoms with E-state index in [-0.39, 0.29) is 17.4 Å². The Hall–Kier alpha value is -0.630. The minimum Gasteiger partial charge on any atom is -0.399 e. The van der Waals surface area contributed by atoms with E-state index in [1.165, 1.54) is 6.07 Å². The summed E-state index contributed by atoms with van der Waals surface area (Å²) in [4.78, 5) is 0.0709. The summed E-state index contributed by atoms with van der Waals surface area (Å²) < 4.78 is 27.2. The fourth-order valence-electron chi connectivity index (χ4n) is 1.37. The van der Waals surface area contributed by atoms with Gasteiger partial charge >= 0.3 is 0 Å². The maximum absolute atomic E-state index is 12.2. The molecule has 1 rings (SSSR count). The molecule has 1 aromatic rings. The maximum Gasteiger partial charge on any atom is 0.242 e. The number of sulfonamides is 1. The highest BCUT2D eigenvalue weighted by Gasteiger charge is 2.23. The Morgan fingerprint density at radius 1 is 1.44 bits per heavy atom. The summed E-state index contributed by atoms with van der Waals surface area (Å²) in [6, 6.07) is 4.03. The van der Waals surface area contributed by atoms with E-state index in [4.69, 9.17) is 10.8 Å². The third-order valence-electron chi connectivity index (χ3n) is 2.55. The number of benzene rings is 1. The molecule has 0 aliphatic carbocycles. The van der Waals surface area contributed by atoms with Gasteiger partial charge in [-0.05, 0) is 40.0 Å². The molecule has 0 aliphatic heterocycles. The van der Waals surface area contributed by atoms with Crippen molar-refractivity contribution in [2.24, 2.45) is 5.92 Å². The maximum atomic E-state index is 12.2. The topological polar surface area (TPSA) is 92.4 Å². The molecular weight excluding hydrogens is 320 g/mol. The quantitative estimate of drug-likeness (QED) is 0.707. The first-order chi connectivity index (χ1) is 8.27. The van der Waals surface area contributed by atoms with Crippen LogP contribution >= 0.6 is 15.9 Å². The van der Waals surface area contributed by atoms with Gasteiger partial charge in [-0.2, -0.15) is 0 Å². The van der Waals surface area contributed by atoms with Gasteiger partial charge in [-0.3, -0.25) is 0 Å². The van der Waals surface area contributed by atoms with Crippen molar-refractivity contribution in [2.75, 3.05) is 12.3 Å². The molecule has 0 spiro atoms.